The third-order valence-electron chi connectivity index (χ3n) is 2.75. The quantitative estimate of drug-likeness (QED) is 0.443. The van der Waals surface area contributed by atoms with Crippen molar-refractivity contribution in [3.05, 3.63) is 24.3 Å². The average molecular weight is 234 g/mol. The number of rotatable bonds is 4. The van der Waals surface area contributed by atoms with Crippen LogP contribution >= 0.6 is 0 Å². The fourth-order valence-electron chi connectivity index (χ4n) is 1.87. The Balaban J connectivity index is 1.99. The summed E-state index contributed by atoms with van der Waals surface area (Å²) in [7, 11) is 0. The molecule has 6 heteroatoms. The number of nitrogens with two attached hydrogens (primary N) is 1. The van der Waals surface area contributed by atoms with Crippen molar-refractivity contribution in [1.29, 1.82) is 0 Å². The molecule has 0 aliphatic carbocycles. The first-order valence-corrected chi connectivity index (χ1v) is 5.87. The van der Waals surface area contributed by atoms with Gasteiger partial charge in [0, 0.05) is 19.5 Å². The van der Waals surface area contributed by atoms with Crippen molar-refractivity contribution < 1.29 is 0 Å². The van der Waals surface area contributed by atoms with Gasteiger partial charge in [-0.05, 0) is 12.8 Å². The van der Waals surface area contributed by atoms with Gasteiger partial charge in [-0.25, -0.2) is 4.99 Å². The molecule has 1 aliphatic heterocycles. The van der Waals surface area contributed by atoms with Crippen LogP contribution < -0.4 is 11.1 Å². The van der Waals surface area contributed by atoms with Crippen molar-refractivity contribution in [3.63, 3.8) is 0 Å². The summed E-state index contributed by atoms with van der Waals surface area (Å²) in [6.07, 6.45) is 5.14. The molecule has 92 valence electrons. The van der Waals surface area contributed by atoms with E-state index in [9.17, 15) is 0 Å². The van der Waals surface area contributed by atoms with Gasteiger partial charge in [-0.15, -0.1) is 16.8 Å². The van der Waals surface area contributed by atoms with Gasteiger partial charge < -0.3 is 15.6 Å². The Morgan fingerprint density at radius 2 is 2.41 bits per heavy atom. The van der Waals surface area contributed by atoms with Crippen LogP contribution in [-0.2, 0) is 19.5 Å². The lowest BCUT2D eigenvalue weighted by Crippen LogP contribution is -2.31. The van der Waals surface area contributed by atoms with Crippen molar-refractivity contribution in [2.75, 3.05) is 6.54 Å². The minimum absolute atomic E-state index is 0.415. The van der Waals surface area contributed by atoms with E-state index in [0.29, 0.717) is 19.0 Å². The fraction of sp³-hybridized carbons (Fsp3) is 0.545. The van der Waals surface area contributed by atoms with E-state index in [1.807, 2.05) is 0 Å². The molecule has 2 rings (SSSR count). The van der Waals surface area contributed by atoms with Crippen LogP contribution in [0.2, 0.25) is 0 Å². The highest BCUT2D eigenvalue weighted by Crippen LogP contribution is 2.14. The Morgan fingerprint density at radius 3 is 3.24 bits per heavy atom. The van der Waals surface area contributed by atoms with Crippen molar-refractivity contribution >= 4 is 5.96 Å². The summed E-state index contributed by atoms with van der Waals surface area (Å²) in [5.74, 6) is 2.38. The van der Waals surface area contributed by atoms with Gasteiger partial charge in [0.2, 0.25) is 0 Å². The maximum atomic E-state index is 5.69. The zero-order chi connectivity index (χ0) is 12.1. The lowest BCUT2D eigenvalue weighted by molar-refractivity contribution is 0.508. The molecule has 0 bridgehead atoms. The van der Waals surface area contributed by atoms with Gasteiger partial charge in [0.15, 0.2) is 11.8 Å². The zero-order valence-corrected chi connectivity index (χ0v) is 9.89. The van der Waals surface area contributed by atoms with E-state index in [1.165, 1.54) is 12.8 Å². The molecule has 6 nitrogen and oxygen atoms in total. The lowest BCUT2D eigenvalue weighted by atomic mass is 10.2. The fourth-order valence-corrected chi connectivity index (χ4v) is 1.87. The third-order valence-corrected chi connectivity index (χ3v) is 2.75. The van der Waals surface area contributed by atoms with Crippen molar-refractivity contribution in [2.45, 2.75) is 32.4 Å². The molecule has 1 aromatic rings. The number of hydrogen-bond donors (Lipinski definition) is 2. The highest BCUT2D eigenvalue weighted by atomic mass is 15.3. The summed E-state index contributed by atoms with van der Waals surface area (Å²) >= 11 is 0. The summed E-state index contributed by atoms with van der Waals surface area (Å²) in [5, 5.41) is 11.2. The standard InChI is InChI=1S/C11H18N6/c1-2-6-13-11(12)14-8-10-16-15-9-5-3-4-7-17(9)10/h2H,1,3-8H2,(H3,12,13,14). The zero-order valence-electron chi connectivity index (χ0n) is 9.89. The topological polar surface area (TPSA) is 81.1 Å². The second-order valence-electron chi connectivity index (χ2n) is 4.01. The van der Waals surface area contributed by atoms with Crippen molar-refractivity contribution in [1.82, 2.24) is 20.1 Å². The van der Waals surface area contributed by atoms with Crippen molar-refractivity contribution in [3.8, 4) is 0 Å². The van der Waals surface area contributed by atoms with E-state index in [0.717, 1.165) is 24.6 Å². The summed E-state index contributed by atoms with van der Waals surface area (Å²) in [6.45, 7) is 5.69. The first-order valence-electron chi connectivity index (χ1n) is 5.87. The van der Waals surface area contributed by atoms with Crippen LogP contribution in [0.15, 0.2) is 17.6 Å². The van der Waals surface area contributed by atoms with Crippen molar-refractivity contribution in [2.24, 2.45) is 10.7 Å². The van der Waals surface area contributed by atoms with Crippen LogP contribution in [0.3, 0.4) is 0 Å². The minimum atomic E-state index is 0.415. The SMILES string of the molecule is C=CCNC(N)=NCc1nnc2n1CCCC2. The highest BCUT2D eigenvalue weighted by molar-refractivity contribution is 5.77. The molecule has 0 saturated heterocycles. The molecular formula is C11H18N6. The first-order chi connectivity index (χ1) is 8.31. The van der Waals surface area contributed by atoms with Gasteiger partial charge in [0.25, 0.3) is 0 Å². The number of aromatic nitrogens is 3. The van der Waals surface area contributed by atoms with E-state index >= 15 is 0 Å². The molecule has 0 spiro atoms. The molecule has 0 fully saturated rings. The predicted octanol–water partition coefficient (Wildman–Crippen LogP) is 0.205. The number of fused-ring (bicyclic) bond motifs is 1. The summed E-state index contributed by atoms with van der Waals surface area (Å²) in [4.78, 5) is 4.22. The number of hydrogen-bond acceptors (Lipinski definition) is 3. The van der Waals surface area contributed by atoms with Crippen LogP contribution in [0.4, 0.5) is 0 Å². The van der Waals surface area contributed by atoms with E-state index in [2.05, 4.69) is 31.7 Å². The smallest absolute Gasteiger partial charge is 0.189 e. The molecule has 0 saturated carbocycles. The minimum Gasteiger partial charge on any atom is -0.370 e. The summed E-state index contributed by atoms with van der Waals surface area (Å²) in [5.41, 5.74) is 5.69. The normalized spacial score (nSPS) is 15.4. The lowest BCUT2D eigenvalue weighted by Gasteiger charge is -2.13. The number of nitrogens with one attached hydrogen (secondary N) is 1. The summed E-state index contributed by atoms with van der Waals surface area (Å²) in [6, 6.07) is 0. The maximum absolute atomic E-state index is 5.69. The van der Waals surface area contributed by atoms with E-state index < -0.39 is 0 Å². The summed E-state index contributed by atoms with van der Waals surface area (Å²) < 4.78 is 2.15. The third kappa shape index (κ3) is 2.83. The predicted molar refractivity (Wildman–Crippen MR) is 66.5 cm³/mol. The Labute approximate surface area is 101 Å². The molecule has 0 atom stereocenters. The molecule has 2 heterocycles. The molecule has 0 radical (unpaired) electrons. The first kappa shape index (κ1) is 11.6. The second kappa shape index (κ2) is 5.47. The molecule has 0 amide bonds. The van der Waals surface area contributed by atoms with Gasteiger partial charge in [-0.1, -0.05) is 6.08 Å². The molecule has 1 aromatic heterocycles. The number of aryl methyl sites for hydroxylation is 1. The van der Waals surface area contributed by atoms with Gasteiger partial charge in [-0.2, -0.15) is 0 Å². The Hall–Kier alpha value is -1.85. The number of guanidine groups is 1. The number of aliphatic imine (C=N–C) groups is 1. The monoisotopic (exact) mass is 234 g/mol. The van der Waals surface area contributed by atoms with E-state index in [4.69, 9.17) is 5.73 Å². The van der Waals surface area contributed by atoms with Gasteiger partial charge in [-0.3, -0.25) is 0 Å². The molecule has 17 heavy (non-hydrogen) atoms. The molecule has 3 N–H and O–H groups in total. The van der Waals surface area contributed by atoms with Crippen LogP contribution in [0.5, 0.6) is 0 Å². The van der Waals surface area contributed by atoms with E-state index in [1.54, 1.807) is 6.08 Å². The largest absolute Gasteiger partial charge is 0.370 e. The van der Waals surface area contributed by atoms with Gasteiger partial charge in [0.05, 0.1) is 0 Å². The molecular weight excluding hydrogens is 216 g/mol. The molecule has 0 unspecified atom stereocenters. The van der Waals surface area contributed by atoms with Gasteiger partial charge in [0.1, 0.15) is 12.4 Å². The average Bonchev–Trinajstić information content (AvgIpc) is 2.77. The second-order valence-corrected chi connectivity index (χ2v) is 4.01. The van der Waals surface area contributed by atoms with Crippen LogP contribution in [0.25, 0.3) is 0 Å². The Bertz CT molecular complexity index is 420. The van der Waals surface area contributed by atoms with Crippen LogP contribution in [0, 0.1) is 0 Å². The van der Waals surface area contributed by atoms with E-state index in [-0.39, 0.29) is 0 Å². The number of nitrogens with zero attached hydrogens (tertiary/aromatic N) is 4. The Kier molecular flexibility index (Phi) is 3.74. The molecule has 0 aromatic carbocycles. The van der Waals surface area contributed by atoms with Crippen LogP contribution in [-0.4, -0.2) is 27.3 Å². The van der Waals surface area contributed by atoms with Crippen LogP contribution in [0.1, 0.15) is 24.5 Å². The Morgan fingerprint density at radius 1 is 1.53 bits per heavy atom. The van der Waals surface area contributed by atoms with Gasteiger partial charge >= 0.3 is 0 Å². The molecule has 1 aliphatic rings. The highest BCUT2D eigenvalue weighted by Gasteiger charge is 2.14. The maximum Gasteiger partial charge on any atom is 0.189 e.